The molecule has 1 aromatic heterocycles. The topological polar surface area (TPSA) is 57.4 Å². The molecule has 0 amide bonds. The Morgan fingerprint density at radius 1 is 1.29 bits per heavy atom. The van der Waals surface area contributed by atoms with Crippen LogP contribution in [0.15, 0.2) is 18.2 Å². The first kappa shape index (κ1) is 12.0. The number of nitrogens with two attached hydrogens (primary N) is 1. The summed E-state index contributed by atoms with van der Waals surface area (Å²) in [7, 11) is 3.15. The van der Waals surface area contributed by atoms with Gasteiger partial charge in [-0.25, -0.2) is 4.98 Å². The summed E-state index contributed by atoms with van der Waals surface area (Å²) in [6.45, 7) is 0.379. The highest BCUT2D eigenvalue weighted by atomic mass is 35.5. The summed E-state index contributed by atoms with van der Waals surface area (Å²) in [4.78, 5) is 4.43. The predicted molar refractivity (Wildman–Crippen MR) is 67.7 cm³/mol. The number of ether oxygens (including phenoxy) is 2. The maximum Gasteiger partial charge on any atom is 0.147 e. The second kappa shape index (κ2) is 4.77. The molecule has 0 aliphatic heterocycles. The van der Waals surface area contributed by atoms with Crippen molar-refractivity contribution in [3.05, 3.63) is 28.9 Å². The number of hydrogen-bond donors (Lipinski definition) is 1. The van der Waals surface area contributed by atoms with Crippen LogP contribution in [0.4, 0.5) is 0 Å². The van der Waals surface area contributed by atoms with Gasteiger partial charge in [-0.2, -0.15) is 0 Å². The summed E-state index contributed by atoms with van der Waals surface area (Å²) in [5, 5.41) is 1.31. The van der Waals surface area contributed by atoms with Gasteiger partial charge in [0, 0.05) is 18.0 Å². The molecule has 2 aromatic rings. The number of pyridine rings is 1. The van der Waals surface area contributed by atoms with Crippen LogP contribution < -0.4 is 15.2 Å². The molecule has 0 aliphatic carbocycles. The molecule has 0 fully saturated rings. The minimum atomic E-state index is 0.379. The van der Waals surface area contributed by atoms with Gasteiger partial charge in [-0.15, -0.1) is 0 Å². The van der Waals surface area contributed by atoms with Crippen LogP contribution in [0.3, 0.4) is 0 Å². The van der Waals surface area contributed by atoms with Crippen LogP contribution >= 0.6 is 11.6 Å². The second-order valence-corrected chi connectivity index (χ2v) is 3.90. The Morgan fingerprint density at radius 3 is 2.65 bits per heavy atom. The van der Waals surface area contributed by atoms with E-state index in [1.807, 2.05) is 12.1 Å². The fourth-order valence-corrected chi connectivity index (χ4v) is 2.00. The number of hydrogen-bond acceptors (Lipinski definition) is 4. The van der Waals surface area contributed by atoms with Gasteiger partial charge < -0.3 is 15.2 Å². The molecule has 0 aliphatic rings. The number of methoxy groups -OCH3 is 2. The molecule has 90 valence electrons. The molecule has 1 heterocycles. The Balaban J connectivity index is 2.81. The molecule has 2 N–H and O–H groups in total. The molecular formula is C12H13ClN2O2. The van der Waals surface area contributed by atoms with E-state index < -0.39 is 0 Å². The molecule has 0 radical (unpaired) electrons. The maximum atomic E-state index is 6.10. The number of aromatic nitrogens is 1. The van der Waals surface area contributed by atoms with Crippen LogP contribution in [0.25, 0.3) is 10.9 Å². The van der Waals surface area contributed by atoms with Gasteiger partial charge in [0.25, 0.3) is 0 Å². The first-order valence-electron chi connectivity index (χ1n) is 5.11. The summed E-state index contributed by atoms with van der Waals surface area (Å²) in [5.41, 5.74) is 7.07. The van der Waals surface area contributed by atoms with Crippen molar-refractivity contribution in [2.75, 3.05) is 14.2 Å². The van der Waals surface area contributed by atoms with E-state index in [1.54, 1.807) is 20.3 Å². The smallest absolute Gasteiger partial charge is 0.147 e. The van der Waals surface area contributed by atoms with E-state index in [-0.39, 0.29) is 0 Å². The zero-order valence-electron chi connectivity index (χ0n) is 9.66. The zero-order valence-corrected chi connectivity index (χ0v) is 10.4. The first-order valence-corrected chi connectivity index (χ1v) is 5.49. The molecule has 1 aromatic carbocycles. The van der Waals surface area contributed by atoms with Crippen LogP contribution in [0.5, 0.6) is 11.5 Å². The van der Waals surface area contributed by atoms with Gasteiger partial charge in [-0.3, -0.25) is 0 Å². The summed E-state index contributed by atoms with van der Waals surface area (Å²) in [6.07, 6.45) is 0. The minimum Gasteiger partial charge on any atom is -0.494 e. The summed E-state index contributed by atoms with van der Waals surface area (Å²) in [6, 6.07) is 5.43. The highest BCUT2D eigenvalue weighted by Gasteiger charge is 2.13. The van der Waals surface area contributed by atoms with Crippen LogP contribution in [0.1, 0.15) is 5.69 Å². The Hall–Kier alpha value is -1.52. The minimum absolute atomic E-state index is 0.379. The van der Waals surface area contributed by atoms with Crippen LogP contribution in [-0.4, -0.2) is 19.2 Å². The molecule has 4 nitrogen and oxygen atoms in total. The van der Waals surface area contributed by atoms with E-state index >= 15 is 0 Å². The number of benzene rings is 1. The van der Waals surface area contributed by atoms with Gasteiger partial charge in [0.2, 0.25) is 0 Å². The molecule has 5 heteroatoms. The molecule has 2 rings (SSSR count). The molecule has 17 heavy (non-hydrogen) atoms. The van der Waals surface area contributed by atoms with Gasteiger partial charge in [0.1, 0.15) is 17.0 Å². The number of nitrogens with zero attached hydrogens (tertiary/aromatic N) is 1. The zero-order chi connectivity index (χ0) is 12.4. The van der Waals surface area contributed by atoms with E-state index in [1.165, 1.54) is 0 Å². The van der Waals surface area contributed by atoms with Crippen LogP contribution in [0, 0.1) is 0 Å². The van der Waals surface area contributed by atoms with E-state index in [0.29, 0.717) is 28.6 Å². The van der Waals surface area contributed by atoms with Crippen LogP contribution in [0.2, 0.25) is 5.02 Å². The van der Waals surface area contributed by atoms with Gasteiger partial charge in [0.15, 0.2) is 0 Å². The van der Waals surface area contributed by atoms with Crippen molar-refractivity contribution in [2.24, 2.45) is 5.73 Å². The number of rotatable bonds is 3. The largest absolute Gasteiger partial charge is 0.494 e. The standard InChI is InChI=1S/C12H13ClN2O2/c1-16-10-5-9(13)12(17-2)8-4-3-7(6-14)15-11(8)10/h3-5H,6,14H2,1-2H3. The lowest BCUT2D eigenvalue weighted by Gasteiger charge is -2.11. The van der Waals surface area contributed by atoms with E-state index in [2.05, 4.69) is 4.98 Å². The molecule has 0 bridgehead atoms. The van der Waals surface area contributed by atoms with Gasteiger partial charge in [-0.1, -0.05) is 11.6 Å². The predicted octanol–water partition coefficient (Wildman–Crippen LogP) is 2.36. The van der Waals surface area contributed by atoms with Gasteiger partial charge in [-0.05, 0) is 12.1 Å². The SMILES string of the molecule is COc1c(Cl)cc(OC)c2nc(CN)ccc12. The third kappa shape index (κ3) is 2.01. The maximum absolute atomic E-state index is 6.10. The normalized spacial score (nSPS) is 10.6. The summed E-state index contributed by atoms with van der Waals surface area (Å²) < 4.78 is 10.5. The molecule has 0 saturated carbocycles. The Bertz CT molecular complexity index is 558. The van der Waals surface area contributed by atoms with Crippen molar-refractivity contribution < 1.29 is 9.47 Å². The molecule has 0 atom stereocenters. The van der Waals surface area contributed by atoms with E-state index in [9.17, 15) is 0 Å². The quantitative estimate of drug-likeness (QED) is 0.911. The fraction of sp³-hybridized carbons (Fsp3) is 0.250. The van der Waals surface area contributed by atoms with Crippen LogP contribution in [-0.2, 0) is 6.54 Å². The van der Waals surface area contributed by atoms with Crippen molar-refractivity contribution in [3.63, 3.8) is 0 Å². The highest BCUT2D eigenvalue weighted by Crippen LogP contribution is 2.38. The third-order valence-electron chi connectivity index (χ3n) is 2.54. The lowest BCUT2D eigenvalue weighted by molar-refractivity contribution is 0.410. The van der Waals surface area contributed by atoms with E-state index in [4.69, 9.17) is 26.8 Å². The average molecular weight is 253 g/mol. The molecule has 0 spiro atoms. The fourth-order valence-electron chi connectivity index (χ4n) is 1.73. The van der Waals surface area contributed by atoms with E-state index in [0.717, 1.165) is 11.1 Å². The van der Waals surface area contributed by atoms with Gasteiger partial charge in [0.05, 0.1) is 24.9 Å². The van der Waals surface area contributed by atoms with Crippen molar-refractivity contribution in [3.8, 4) is 11.5 Å². The summed E-state index contributed by atoms with van der Waals surface area (Å²) >= 11 is 6.10. The Morgan fingerprint density at radius 2 is 2.06 bits per heavy atom. The lowest BCUT2D eigenvalue weighted by atomic mass is 10.1. The van der Waals surface area contributed by atoms with Crippen molar-refractivity contribution in [1.82, 2.24) is 4.98 Å². The Labute approximate surface area is 104 Å². The lowest BCUT2D eigenvalue weighted by Crippen LogP contribution is -2.01. The monoisotopic (exact) mass is 252 g/mol. The number of fused-ring (bicyclic) bond motifs is 1. The second-order valence-electron chi connectivity index (χ2n) is 3.50. The molecule has 0 unspecified atom stereocenters. The number of halogens is 1. The van der Waals surface area contributed by atoms with Crippen molar-refractivity contribution in [2.45, 2.75) is 6.54 Å². The first-order chi connectivity index (χ1) is 8.21. The Kier molecular flexibility index (Phi) is 3.36. The molecular weight excluding hydrogens is 240 g/mol. The summed E-state index contributed by atoms with van der Waals surface area (Å²) in [5.74, 6) is 1.21. The van der Waals surface area contributed by atoms with Gasteiger partial charge >= 0.3 is 0 Å². The van der Waals surface area contributed by atoms with Crippen molar-refractivity contribution >= 4 is 22.5 Å². The van der Waals surface area contributed by atoms with Crippen molar-refractivity contribution in [1.29, 1.82) is 0 Å². The third-order valence-corrected chi connectivity index (χ3v) is 2.82. The molecule has 0 saturated heterocycles. The highest BCUT2D eigenvalue weighted by molar-refractivity contribution is 6.33. The average Bonchev–Trinajstić information content (AvgIpc) is 2.37.